The van der Waals surface area contributed by atoms with Gasteiger partial charge in [0, 0.05) is 19.4 Å². The molecular weight excluding hydrogens is 312 g/mol. The predicted octanol–water partition coefficient (Wildman–Crippen LogP) is 0.356. The van der Waals surface area contributed by atoms with E-state index in [0.717, 1.165) is 0 Å². The largest absolute Gasteiger partial charge is 0.280 e. The van der Waals surface area contributed by atoms with Gasteiger partial charge >= 0.3 is 0 Å². The number of carbonyl (C=O) groups excluding carboxylic acids is 4. The molecule has 0 bridgehead atoms. The average molecular weight is 330 g/mol. The normalized spacial score (nSPS) is 28.0. The third-order valence-electron chi connectivity index (χ3n) is 3.80. The molecule has 2 fully saturated rings. The lowest BCUT2D eigenvalue weighted by Gasteiger charge is -2.26. The zero-order valence-electron chi connectivity index (χ0n) is 12.2. The molecule has 0 spiro atoms. The summed E-state index contributed by atoms with van der Waals surface area (Å²) in [7, 11) is 0. The van der Waals surface area contributed by atoms with E-state index in [2.05, 4.69) is 0 Å². The van der Waals surface area contributed by atoms with Gasteiger partial charge in [0.1, 0.15) is 0 Å². The Labute approximate surface area is 132 Å². The van der Waals surface area contributed by atoms with Crippen LogP contribution < -0.4 is 0 Å². The lowest BCUT2D eigenvalue weighted by molar-refractivity contribution is -0.146. The second kappa shape index (κ2) is 6.39. The van der Waals surface area contributed by atoms with Crippen LogP contribution in [0.2, 0.25) is 0 Å². The van der Waals surface area contributed by atoms with E-state index in [4.69, 9.17) is 0 Å². The molecule has 3 atom stereocenters. The number of hydrogen-bond acceptors (Lipinski definition) is 6. The molecule has 2 saturated heterocycles. The Morgan fingerprint density at radius 3 is 2.00 bits per heavy atom. The maximum atomic E-state index is 12.1. The molecule has 2 aliphatic heterocycles. The molecule has 8 heteroatoms. The SMILES string of the molecule is CSC1CC(=O)N(CC(C)N2C(=O)CC(SC)C2=O)C1=O. The third-order valence-corrected chi connectivity index (χ3v) is 5.68. The van der Waals surface area contributed by atoms with Crippen LogP contribution in [0.4, 0.5) is 0 Å². The lowest BCUT2D eigenvalue weighted by Crippen LogP contribution is -2.47. The van der Waals surface area contributed by atoms with Gasteiger partial charge < -0.3 is 0 Å². The highest BCUT2D eigenvalue weighted by Gasteiger charge is 2.44. The van der Waals surface area contributed by atoms with E-state index in [-0.39, 0.29) is 53.5 Å². The topological polar surface area (TPSA) is 74.8 Å². The fraction of sp³-hybridized carbons (Fsp3) is 0.692. The molecule has 0 aliphatic carbocycles. The number of imide groups is 2. The summed E-state index contributed by atoms with van der Waals surface area (Å²) in [6.45, 7) is 1.79. The maximum absolute atomic E-state index is 12.1. The molecule has 2 rings (SSSR count). The summed E-state index contributed by atoms with van der Waals surface area (Å²) in [5.74, 6) is -0.903. The summed E-state index contributed by atoms with van der Waals surface area (Å²) in [4.78, 5) is 50.4. The van der Waals surface area contributed by atoms with Crippen LogP contribution in [0.25, 0.3) is 0 Å². The number of amides is 4. The first-order chi connectivity index (χ1) is 9.90. The first kappa shape index (κ1) is 16.4. The number of hydrogen-bond donors (Lipinski definition) is 0. The minimum atomic E-state index is -0.476. The Hall–Kier alpha value is -1.02. The monoisotopic (exact) mass is 330 g/mol. The summed E-state index contributed by atoms with van der Waals surface area (Å²) in [5, 5.41) is -0.683. The van der Waals surface area contributed by atoms with Crippen molar-refractivity contribution in [2.75, 3.05) is 19.1 Å². The van der Waals surface area contributed by atoms with Crippen molar-refractivity contribution in [3.63, 3.8) is 0 Å². The quantitative estimate of drug-likeness (QED) is 0.678. The van der Waals surface area contributed by atoms with Crippen LogP contribution in [0.5, 0.6) is 0 Å². The van der Waals surface area contributed by atoms with Crippen molar-refractivity contribution in [1.29, 1.82) is 0 Å². The Morgan fingerprint density at radius 2 is 1.52 bits per heavy atom. The van der Waals surface area contributed by atoms with Gasteiger partial charge in [0.15, 0.2) is 0 Å². The summed E-state index contributed by atoms with van der Waals surface area (Å²) in [6, 6.07) is -0.476. The predicted molar refractivity (Wildman–Crippen MR) is 81.9 cm³/mol. The molecule has 0 aromatic carbocycles. The molecular formula is C13H18N2O4S2. The third kappa shape index (κ3) is 2.96. The number of likely N-dealkylation sites (tertiary alicyclic amines) is 2. The average Bonchev–Trinajstić information content (AvgIpc) is 2.88. The highest BCUT2D eigenvalue weighted by Crippen LogP contribution is 2.27. The minimum Gasteiger partial charge on any atom is -0.280 e. The van der Waals surface area contributed by atoms with Crippen LogP contribution in [0.3, 0.4) is 0 Å². The second-order valence-electron chi connectivity index (χ2n) is 5.15. The molecule has 4 amide bonds. The molecule has 2 aliphatic rings. The highest BCUT2D eigenvalue weighted by atomic mass is 32.2. The standard InChI is InChI=1S/C13H18N2O4S2/c1-7(15-11(17)5-9(21-3)13(15)19)6-14-10(16)4-8(20-2)12(14)18/h7-9H,4-6H2,1-3H3. The molecule has 0 aromatic rings. The fourth-order valence-corrected chi connectivity index (χ4v) is 3.91. The van der Waals surface area contributed by atoms with E-state index in [0.29, 0.717) is 0 Å². The number of thioether (sulfide) groups is 2. The summed E-state index contributed by atoms with van der Waals surface area (Å²) in [5.41, 5.74) is 0. The molecule has 116 valence electrons. The van der Waals surface area contributed by atoms with Crippen molar-refractivity contribution in [1.82, 2.24) is 9.80 Å². The van der Waals surface area contributed by atoms with E-state index in [1.165, 1.54) is 33.3 Å². The van der Waals surface area contributed by atoms with Crippen molar-refractivity contribution in [3.05, 3.63) is 0 Å². The van der Waals surface area contributed by atoms with Gasteiger partial charge in [0.25, 0.3) is 0 Å². The molecule has 3 unspecified atom stereocenters. The van der Waals surface area contributed by atoms with Crippen molar-refractivity contribution in [2.45, 2.75) is 36.3 Å². The number of rotatable bonds is 5. The zero-order valence-corrected chi connectivity index (χ0v) is 13.8. The van der Waals surface area contributed by atoms with Gasteiger partial charge in [0.05, 0.1) is 16.5 Å². The van der Waals surface area contributed by atoms with Crippen molar-refractivity contribution in [3.8, 4) is 0 Å². The van der Waals surface area contributed by atoms with Gasteiger partial charge in [-0.2, -0.15) is 23.5 Å². The van der Waals surface area contributed by atoms with E-state index < -0.39 is 6.04 Å². The van der Waals surface area contributed by atoms with E-state index in [9.17, 15) is 19.2 Å². The van der Waals surface area contributed by atoms with Crippen LogP contribution in [-0.4, -0.2) is 69.0 Å². The van der Waals surface area contributed by atoms with Crippen molar-refractivity contribution in [2.24, 2.45) is 0 Å². The van der Waals surface area contributed by atoms with Gasteiger partial charge in [-0.3, -0.25) is 29.0 Å². The van der Waals surface area contributed by atoms with Crippen LogP contribution in [-0.2, 0) is 19.2 Å². The molecule has 21 heavy (non-hydrogen) atoms. The Kier molecular flexibility index (Phi) is 4.98. The fourth-order valence-electron chi connectivity index (χ4n) is 2.64. The van der Waals surface area contributed by atoms with Gasteiger partial charge in [-0.25, -0.2) is 0 Å². The Morgan fingerprint density at radius 1 is 1.00 bits per heavy atom. The van der Waals surface area contributed by atoms with Gasteiger partial charge in [-0.1, -0.05) is 0 Å². The van der Waals surface area contributed by atoms with Crippen LogP contribution in [0, 0.1) is 0 Å². The minimum absolute atomic E-state index is 0.0906. The van der Waals surface area contributed by atoms with Gasteiger partial charge in [0.2, 0.25) is 23.6 Å². The summed E-state index contributed by atoms with van der Waals surface area (Å²) < 4.78 is 0. The maximum Gasteiger partial charge on any atom is 0.243 e. The van der Waals surface area contributed by atoms with E-state index in [1.54, 1.807) is 19.4 Å². The van der Waals surface area contributed by atoms with Gasteiger partial charge in [-0.05, 0) is 19.4 Å². The first-order valence-electron chi connectivity index (χ1n) is 6.66. The van der Waals surface area contributed by atoms with Crippen molar-refractivity contribution < 1.29 is 19.2 Å². The summed E-state index contributed by atoms with van der Waals surface area (Å²) in [6.07, 6.45) is 3.97. The molecule has 0 aromatic heterocycles. The zero-order chi connectivity index (χ0) is 15.7. The summed E-state index contributed by atoms with van der Waals surface area (Å²) >= 11 is 2.70. The number of nitrogens with zero attached hydrogens (tertiary/aromatic N) is 2. The molecule has 0 saturated carbocycles. The molecule has 6 nitrogen and oxygen atoms in total. The Bertz CT molecular complexity index is 497. The lowest BCUT2D eigenvalue weighted by atomic mass is 10.2. The number of carbonyl (C=O) groups is 4. The van der Waals surface area contributed by atoms with Gasteiger partial charge in [-0.15, -0.1) is 0 Å². The second-order valence-corrected chi connectivity index (χ2v) is 7.23. The van der Waals surface area contributed by atoms with E-state index >= 15 is 0 Å². The smallest absolute Gasteiger partial charge is 0.243 e. The Balaban J connectivity index is 2.06. The molecule has 2 heterocycles. The van der Waals surface area contributed by atoms with Crippen LogP contribution >= 0.6 is 23.5 Å². The highest BCUT2D eigenvalue weighted by molar-refractivity contribution is 8.00. The van der Waals surface area contributed by atoms with Crippen molar-refractivity contribution >= 4 is 47.2 Å². The molecule has 0 radical (unpaired) electrons. The van der Waals surface area contributed by atoms with Crippen LogP contribution in [0.15, 0.2) is 0 Å². The first-order valence-corrected chi connectivity index (χ1v) is 9.24. The van der Waals surface area contributed by atoms with E-state index in [1.807, 2.05) is 0 Å². The van der Waals surface area contributed by atoms with Crippen LogP contribution in [0.1, 0.15) is 19.8 Å². The molecule has 0 N–H and O–H groups in total.